The van der Waals surface area contributed by atoms with Crippen LogP contribution in [0.5, 0.6) is 0 Å². The number of hydrogen-bond donors (Lipinski definition) is 0. The Labute approximate surface area is 96.5 Å². The smallest absolute Gasteiger partial charge is 0.269 e. The fourth-order valence-electron chi connectivity index (χ4n) is 1.89. The highest BCUT2D eigenvalue weighted by Crippen LogP contribution is 2.40. The molecular weight excluding hydrogens is 224 g/mol. The molecule has 0 spiro atoms. The molecule has 4 heteroatoms. The van der Waals surface area contributed by atoms with Gasteiger partial charge in [-0.25, -0.2) is 0 Å². The number of carbonyl (C=O) groups excluding carboxylic acids is 2. The monoisotopic (exact) mass is 232 g/mol. The fourth-order valence-corrected chi connectivity index (χ4v) is 2.88. The van der Waals surface area contributed by atoms with Gasteiger partial charge in [0.2, 0.25) is 5.78 Å². The molecule has 80 valence electrons. The van der Waals surface area contributed by atoms with Gasteiger partial charge in [-0.2, -0.15) is 0 Å². The van der Waals surface area contributed by atoms with Gasteiger partial charge >= 0.3 is 0 Å². The van der Waals surface area contributed by atoms with Gasteiger partial charge in [0, 0.05) is 16.9 Å². The third-order valence-corrected chi connectivity index (χ3v) is 3.68. The zero-order chi connectivity index (χ0) is 11.1. The lowest BCUT2D eigenvalue weighted by molar-refractivity contribution is -0.114. The number of Topliss-reactive ketones (excluding diaryl/α,β-unsaturated/α-hetero) is 2. The average Bonchev–Trinajstić information content (AvgIpc) is 2.36. The standard InChI is InChI=1S/C12H8O3S/c13-9-7-3-1-2-4-8(7)12-11(10(9)14)15-5-6-16-12/h1-4H,5-6H2. The number of thioether (sulfide) groups is 1. The third kappa shape index (κ3) is 1.23. The summed E-state index contributed by atoms with van der Waals surface area (Å²) >= 11 is 1.58. The lowest BCUT2D eigenvalue weighted by atomic mass is 9.94. The van der Waals surface area contributed by atoms with E-state index in [4.69, 9.17) is 4.74 Å². The molecule has 3 nitrogen and oxygen atoms in total. The minimum Gasteiger partial charge on any atom is -0.487 e. The van der Waals surface area contributed by atoms with Crippen LogP contribution in [0.25, 0.3) is 4.91 Å². The predicted molar refractivity (Wildman–Crippen MR) is 61.1 cm³/mol. The molecule has 0 fully saturated rings. The molecule has 1 aromatic rings. The average molecular weight is 232 g/mol. The van der Waals surface area contributed by atoms with Gasteiger partial charge in [-0.05, 0) is 0 Å². The highest BCUT2D eigenvalue weighted by molar-refractivity contribution is 8.08. The highest BCUT2D eigenvalue weighted by Gasteiger charge is 2.35. The molecule has 0 unspecified atom stereocenters. The van der Waals surface area contributed by atoms with Gasteiger partial charge in [0.15, 0.2) is 5.76 Å². The Bertz CT molecular complexity index is 531. The van der Waals surface area contributed by atoms with Crippen LogP contribution in [0, 0.1) is 0 Å². The molecular formula is C12H8O3S. The summed E-state index contributed by atoms with van der Waals surface area (Å²) < 4.78 is 5.31. The molecule has 2 aliphatic rings. The van der Waals surface area contributed by atoms with Crippen LogP contribution in [0.4, 0.5) is 0 Å². The van der Waals surface area contributed by atoms with Gasteiger partial charge in [-0.15, -0.1) is 11.8 Å². The molecule has 16 heavy (non-hydrogen) atoms. The molecule has 3 rings (SSSR count). The number of fused-ring (bicyclic) bond motifs is 2. The zero-order valence-corrected chi connectivity index (χ0v) is 9.17. The Balaban J connectivity index is 2.28. The first-order valence-corrected chi connectivity index (χ1v) is 5.96. The topological polar surface area (TPSA) is 43.4 Å². The van der Waals surface area contributed by atoms with E-state index >= 15 is 0 Å². The van der Waals surface area contributed by atoms with Crippen molar-refractivity contribution in [3.8, 4) is 0 Å². The van der Waals surface area contributed by atoms with Crippen LogP contribution in [0.1, 0.15) is 15.9 Å². The van der Waals surface area contributed by atoms with Crippen molar-refractivity contribution in [2.45, 2.75) is 0 Å². The molecule has 0 atom stereocenters. The van der Waals surface area contributed by atoms with Crippen molar-refractivity contribution in [3.63, 3.8) is 0 Å². The normalized spacial score (nSPS) is 19.0. The van der Waals surface area contributed by atoms with Gasteiger partial charge < -0.3 is 4.74 Å². The Hall–Kier alpha value is -1.55. The first-order valence-electron chi connectivity index (χ1n) is 4.97. The molecule has 1 aliphatic carbocycles. The van der Waals surface area contributed by atoms with Crippen molar-refractivity contribution >= 4 is 28.2 Å². The molecule has 1 aromatic carbocycles. The Morgan fingerprint density at radius 1 is 1.06 bits per heavy atom. The zero-order valence-electron chi connectivity index (χ0n) is 8.36. The number of allylic oxidation sites excluding steroid dienone is 1. The summed E-state index contributed by atoms with van der Waals surface area (Å²) in [5.74, 6) is 0.0759. The number of benzene rings is 1. The quantitative estimate of drug-likeness (QED) is 0.641. The second kappa shape index (κ2) is 3.49. The molecule has 1 aliphatic heterocycles. The first kappa shape index (κ1) is 9.66. The number of carbonyl (C=O) groups is 2. The van der Waals surface area contributed by atoms with Gasteiger partial charge in [-0.3, -0.25) is 9.59 Å². The van der Waals surface area contributed by atoms with Crippen LogP contribution < -0.4 is 0 Å². The molecule has 0 saturated carbocycles. The van der Waals surface area contributed by atoms with Crippen LogP contribution in [-0.2, 0) is 9.53 Å². The van der Waals surface area contributed by atoms with Crippen molar-refractivity contribution in [2.24, 2.45) is 0 Å². The number of rotatable bonds is 0. The van der Waals surface area contributed by atoms with E-state index < -0.39 is 11.6 Å². The summed E-state index contributed by atoms with van der Waals surface area (Å²) in [6.07, 6.45) is 0. The number of ether oxygens (including phenoxy) is 1. The van der Waals surface area contributed by atoms with E-state index in [0.29, 0.717) is 12.2 Å². The highest BCUT2D eigenvalue weighted by atomic mass is 32.2. The second-order valence-electron chi connectivity index (χ2n) is 3.56. The lowest BCUT2D eigenvalue weighted by Crippen LogP contribution is -2.27. The first-order chi connectivity index (χ1) is 7.79. The van der Waals surface area contributed by atoms with E-state index in [1.165, 1.54) is 0 Å². The van der Waals surface area contributed by atoms with E-state index in [0.717, 1.165) is 16.2 Å². The fraction of sp³-hybridized carbons (Fsp3) is 0.167. The van der Waals surface area contributed by atoms with E-state index in [9.17, 15) is 9.59 Å². The van der Waals surface area contributed by atoms with E-state index in [-0.39, 0.29) is 5.76 Å². The second-order valence-corrected chi connectivity index (χ2v) is 4.66. The van der Waals surface area contributed by atoms with Crippen molar-refractivity contribution in [1.29, 1.82) is 0 Å². The number of ketones is 2. The molecule has 0 N–H and O–H groups in total. The molecule has 0 saturated heterocycles. The van der Waals surface area contributed by atoms with Gasteiger partial charge in [0.1, 0.15) is 0 Å². The third-order valence-electron chi connectivity index (χ3n) is 2.61. The van der Waals surface area contributed by atoms with Crippen molar-refractivity contribution < 1.29 is 14.3 Å². The summed E-state index contributed by atoms with van der Waals surface area (Å²) in [5.41, 5.74) is 1.32. The summed E-state index contributed by atoms with van der Waals surface area (Å²) in [4.78, 5) is 24.4. The number of hydrogen-bond acceptors (Lipinski definition) is 4. The van der Waals surface area contributed by atoms with Gasteiger partial charge in [-0.1, -0.05) is 24.3 Å². The summed E-state index contributed by atoms with van der Waals surface area (Å²) in [6.45, 7) is 0.491. The van der Waals surface area contributed by atoms with Crippen LogP contribution in [-0.4, -0.2) is 23.9 Å². The SMILES string of the molecule is O=C1C(=O)c2ccccc2C2=C1OCCS2. The lowest BCUT2D eigenvalue weighted by Gasteiger charge is -2.24. The Morgan fingerprint density at radius 3 is 2.62 bits per heavy atom. The largest absolute Gasteiger partial charge is 0.487 e. The molecule has 0 bridgehead atoms. The maximum Gasteiger partial charge on any atom is 0.269 e. The molecule has 0 aromatic heterocycles. The van der Waals surface area contributed by atoms with Crippen molar-refractivity contribution in [1.82, 2.24) is 0 Å². The van der Waals surface area contributed by atoms with E-state index in [2.05, 4.69) is 0 Å². The molecule has 1 heterocycles. The summed E-state index contributed by atoms with van der Waals surface area (Å²) in [6, 6.07) is 7.18. The van der Waals surface area contributed by atoms with Crippen LogP contribution in [0.2, 0.25) is 0 Å². The van der Waals surface area contributed by atoms with Crippen LogP contribution in [0.3, 0.4) is 0 Å². The summed E-state index contributed by atoms with van der Waals surface area (Å²) in [5, 5.41) is 0. The maximum atomic E-state index is 11.8. The summed E-state index contributed by atoms with van der Waals surface area (Å²) in [7, 11) is 0. The van der Waals surface area contributed by atoms with Crippen LogP contribution >= 0.6 is 11.8 Å². The van der Waals surface area contributed by atoms with Crippen molar-refractivity contribution in [3.05, 3.63) is 41.2 Å². The Kier molecular flexibility index (Phi) is 2.11. The maximum absolute atomic E-state index is 11.8. The molecule has 0 radical (unpaired) electrons. The van der Waals surface area contributed by atoms with Gasteiger partial charge in [0.25, 0.3) is 5.78 Å². The Morgan fingerprint density at radius 2 is 1.81 bits per heavy atom. The predicted octanol–water partition coefficient (Wildman–Crippen LogP) is 1.88. The van der Waals surface area contributed by atoms with Crippen LogP contribution in [0.15, 0.2) is 30.0 Å². The molecule has 0 amide bonds. The van der Waals surface area contributed by atoms with Gasteiger partial charge in [0.05, 0.1) is 11.5 Å². The van der Waals surface area contributed by atoms with E-state index in [1.807, 2.05) is 12.1 Å². The minimum absolute atomic E-state index is 0.236. The van der Waals surface area contributed by atoms with E-state index in [1.54, 1.807) is 23.9 Å². The van der Waals surface area contributed by atoms with Crippen molar-refractivity contribution in [2.75, 3.05) is 12.4 Å². The minimum atomic E-state index is -0.513.